The summed E-state index contributed by atoms with van der Waals surface area (Å²) >= 11 is 12.8. The van der Waals surface area contributed by atoms with Crippen LogP contribution in [0.5, 0.6) is 0 Å². The van der Waals surface area contributed by atoms with Gasteiger partial charge in [-0.1, -0.05) is 27.5 Å². The Balaban J connectivity index is 2.46. The molecule has 0 amide bonds. The van der Waals surface area contributed by atoms with Gasteiger partial charge in [0.05, 0.1) is 21.8 Å². The van der Waals surface area contributed by atoms with E-state index in [2.05, 4.69) is 31.9 Å². The van der Waals surface area contributed by atoms with E-state index < -0.39 is 0 Å². The van der Waals surface area contributed by atoms with Gasteiger partial charge in [0.15, 0.2) is 0 Å². The highest BCUT2D eigenvalue weighted by Crippen LogP contribution is 2.28. The van der Waals surface area contributed by atoms with Gasteiger partial charge in [0.1, 0.15) is 0 Å². The molecule has 0 bridgehead atoms. The highest BCUT2D eigenvalue weighted by atomic mass is 79.9. The first kappa shape index (κ1) is 13.3. The molecule has 4 rings (SSSR count). The predicted octanol–water partition coefficient (Wildman–Crippen LogP) is 3.68. The van der Waals surface area contributed by atoms with E-state index >= 15 is 0 Å². The van der Waals surface area contributed by atoms with Crippen LogP contribution in [-0.2, 0) is 0 Å². The number of rotatable bonds is 0. The first-order chi connectivity index (χ1) is 9.99. The quantitative estimate of drug-likeness (QED) is 0.429. The van der Waals surface area contributed by atoms with Gasteiger partial charge in [-0.25, -0.2) is 4.52 Å². The van der Waals surface area contributed by atoms with Crippen molar-refractivity contribution in [3.63, 3.8) is 0 Å². The summed E-state index contributed by atoms with van der Waals surface area (Å²) < 4.78 is 4.27. The second-order valence-electron chi connectivity index (χ2n) is 4.68. The van der Waals surface area contributed by atoms with E-state index in [9.17, 15) is 9.59 Å². The second kappa shape index (κ2) is 4.32. The van der Waals surface area contributed by atoms with Crippen LogP contribution in [0.4, 0.5) is 0 Å². The highest BCUT2D eigenvalue weighted by Gasteiger charge is 2.19. The summed E-state index contributed by atoms with van der Waals surface area (Å²) in [4.78, 5) is 25.0. The maximum atomic E-state index is 12.5. The Morgan fingerprint density at radius 2 is 1.62 bits per heavy atom. The van der Waals surface area contributed by atoms with Crippen LogP contribution in [0.1, 0.15) is 0 Å². The van der Waals surface area contributed by atoms with E-state index in [0.29, 0.717) is 26.8 Å². The van der Waals surface area contributed by atoms with Crippen LogP contribution in [0.15, 0.2) is 48.9 Å². The summed E-state index contributed by atoms with van der Waals surface area (Å²) in [6, 6.07) is 8.58. The Kier molecular flexibility index (Phi) is 2.73. The maximum Gasteiger partial charge on any atom is 0.282 e. The van der Waals surface area contributed by atoms with Gasteiger partial charge in [0.25, 0.3) is 11.1 Å². The zero-order chi connectivity index (χ0) is 14.9. The van der Waals surface area contributed by atoms with Gasteiger partial charge in [-0.3, -0.25) is 9.59 Å². The third-order valence-corrected chi connectivity index (χ3v) is 4.77. The second-order valence-corrected chi connectivity index (χ2v) is 6.89. The minimum Gasteiger partial charge on any atom is -0.267 e. The molecular formula is C14H5Br2ClN2O2. The van der Waals surface area contributed by atoms with Crippen molar-refractivity contribution in [2.45, 2.75) is 0 Å². The van der Waals surface area contributed by atoms with Crippen molar-refractivity contribution in [3.05, 3.63) is 65.0 Å². The standard InChI is InChI=1S/C14H5Br2ClN2O2/c15-6-3-9-12(10(16)4-6)18-11-2-1-7(17)5-8(11)13(20)19(18)14(9)21/h1-5H. The van der Waals surface area contributed by atoms with Gasteiger partial charge in [-0.2, -0.15) is 4.52 Å². The topological polar surface area (TPSA) is 43.0 Å². The molecule has 0 unspecified atom stereocenters. The Labute approximate surface area is 139 Å². The summed E-state index contributed by atoms with van der Waals surface area (Å²) in [6.45, 7) is 0. The number of hydrogen-bond donors (Lipinski definition) is 0. The molecule has 0 spiro atoms. The molecule has 4 nitrogen and oxygen atoms in total. The molecule has 0 saturated carbocycles. The number of hydrogen-bond acceptors (Lipinski definition) is 2. The molecule has 0 aliphatic carbocycles. The average Bonchev–Trinajstić information content (AvgIpc) is 2.86. The molecule has 0 radical (unpaired) electrons. The highest BCUT2D eigenvalue weighted by molar-refractivity contribution is 9.11. The van der Waals surface area contributed by atoms with E-state index in [1.807, 2.05) is 6.07 Å². The van der Waals surface area contributed by atoms with Crippen molar-refractivity contribution in [1.82, 2.24) is 9.03 Å². The summed E-state index contributed by atoms with van der Waals surface area (Å²) in [5, 5.41) is 1.37. The number of benzene rings is 2. The van der Waals surface area contributed by atoms with E-state index in [4.69, 9.17) is 11.6 Å². The van der Waals surface area contributed by atoms with Gasteiger partial charge in [-0.05, 0) is 46.3 Å². The van der Waals surface area contributed by atoms with E-state index in [-0.39, 0.29) is 11.1 Å². The van der Waals surface area contributed by atoms with Crippen molar-refractivity contribution in [2.75, 3.05) is 0 Å². The fourth-order valence-electron chi connectivity index (χ4n) is 2.64. The van der Waals surface area contributed by atoms with E-state index in [1.54, 1.807) is 28.8 Å². The molecule has 0 aliphatic heterocycles. The van der Waals surface area contributed by atoms with Crippen LogP contribution < -0.4 is 11.1 Å². The monoisotopic (exact) mass is 426 g/mol. The molecule has 2 aromatic heterocycles. The van der Waals surface area contributed by atoms with Crippen LogP contribution in [0.25, 0.3) is 21.8 Å². The van der Waals surface area contributed by atoms with Gasteiger partial charge >= 0.3 is 0 Å². The largest absolute Gasteiger partial charge is 0.282 e. The molecular weight excluding hydrogens is 423 g/mol. The van der Waals surface area contributed by atoms with Crippen molar-refractivity contribution in [2.24, 2.45) is 0 Å². The van der Waals surface area contributed by atoms with Crippen LogP contribution in [0.3, 0.4) is 0 Å². The lowest BCUT2D eigenvalue weighted by molar-refractivity contribution is 0.840. The maximum absolute atomic E-state index is 12.5. The number of fused-ring (bicyclic) bond motifs is 5. The summed E-state index contributed by atoms with van der Waals surface area (Å²) in [7, 11) is 0. The molecule has 21 heavy (non-hydrogen) atoms. The van der Waals surface area contributed by atoms with Gasteiger partial charge < -0.3 is 0 Å². The SMILES string of the molecule is O=c1c2cc(Cl)ccc2n2c3c(Br)cc(Br)cc3c(=O)n12. The first-order valence-electron chi connectivity index (χ1n) is 5.96. The van der Waals surface area contributed by atoms with Crippen LogP contribution >= 0.6 is 43.5 Å². The van der Waals surface area contributed by atoms with Crippen LogP contribution in [0.2, 0.25) is 5.02 Å². The van der Waals surface area contributed by atoms with Crippen molar-refractivity contribution < 1.29 is 0 Å². The molecule has 7 heteroatoms. The third kappa shape index (κ3) is 1.66. The zero-order valence-corrected chi connectivity index (χ0v) is 14.2. The van der Waals surface area contributed by atoms with Gasteiger partial charge in [0.2, 0.25) is 0 Å². The Hall–Kier alpha value is -1.37. The fraction of sp³-hybridized carbons (Fsp3) is 0. The van der Waals surface area contributed by atoms with Crippen molar-refractivity contribution >= 4 is 65.3 Å². The van der Waals surface area contributed by atoms with Crippen LogP contribution in [0, 0.1) is 0 Å². The summed E-state index contributed by atoms with van der Waals surface area (Å²) in [6.07, 6.45) is 0. The molecule has 0 fully saturated rings. The molecule has 4 aromatic rings. The molecule has 0 saturated heterocycles. The molecule has 2 aromatic carbocycles. The Bertz CT molecular complexity index is 1160. The normalized spacial score (nSPS) is 12.0. The predicted molar refractivity (Wildman–Crippen MR) is 90.0 cm³/mol. The molecule has 0 aliphatic rings. The lowest BCUT2D eigenvalue weighted by Crippen LogP contribution is -2.21. The Morgan fingerprint density at radius 3 is 2.38 bits per heavy atom. The first-order valence-corrected chi connectivity index (χ1v) is 7.93. The zero-order valence-electron chi connectivity index (χ0n) is 10.2. The summed E-state index contributed by atoms with van der Waals surface area (Å²) in [5.74, 6) is 0. The lowest BCUT2D eigenvalue weighted by Gasteiger charge is -1.99. The lowest BCUT2D eigenvalue weighted by atomic mass is 10.2. The number of nitrogens with zero attached hydrogens (tertiary/aromatic N) is 2. The molecule has 104 valence electrons. The van der Waals surface area contributed by atoms with Gasteiger partial charge in [0, 0.05) is 14.0 Å². The smallest absolute Gasteiger partial charge is 0.267 e. The van der Waals surface area contributed by atoms with Crippen molar-refractivity contribution in [3.8, 4) is 0 Å². The summed E-state index contributed by atoms with van der Waals surface area (Å²) in [5.41, 5.74) is 0.609. The van der Waals surface area contributed by atoms with E-state index in [0.717, 1.165) is 13.5 Å². The Morgan fingerprint density at radius 1 is 0.905 bits per heavy atom. The van der Waals surface area contributed by atoms with E-state index in [1.165, 1.54) is 0 Å². The minimum absolute atomic E-state index is 0.343. The molecule has 0 N–H and O–H groups in total. The molecule has 2 heterocycles. The average molecular weight is 428 g/mol. The van der Waals surface area contributed by atoms with Crippen molar-refractivity contribution in [1.29, 1.82) is 0 Å². The number of halogens is 3. The minimum atomic E-state index is -0.364. The number of aromatic nitrogens is 2. The third-order valence-electron chi connectivity index (χ3n) is 3.47. The fourth-order valence-corrected chi connectivity index (χ4v) is 4.20. The van der Waals surface area contributed by atoms with Crippen LogP contribution in [-0.4, -0.2) is 9.03 Å². The van der Waals surface area contributed by atoms with Gasteiger partial charge in [-0.15, -0.1) is 0 Å². The molecule has 0 atom stereocenters.